The van der Waals surface area contributed by atoms with Crippen molar-refractivity contribution in [2.45, 2.75) is 18.2 Å². The van der Waals surface area contributed by atoms with E-state index in [1.54, 1.807) is 6.07 Å². The largest absolute Gasteiger partial charge is 0.242 e. The van der Waals surface area contributed by atoms with Gasteiger partial charge in [-0.15, -0.1) is 0 Å². The van der Waals surface area contributed by atoms with Crippen LogP contribution in [-0.4, -0.2) is 35.7 Å². The zero-order valence-electron chi connectivity index (χ0n) is 11.3. The number of nitrogens with one attached hydrogen (secondary N) is 2. The lowest BCUT2D eigenvalue weighted by atomic mass is 10.4. The van der Waals surface area contributed by atoms with Crippen LogP contribution in [-0.2, 0) is 20.0 Å². The SMILES string of the molecule is CCS(=O)(=O)NCCCNS(=O)(=O)c1ccc(Br)cc1Cl. The van der Waals surface area contributed by atoms with Gasteiger partial charge in [0.2, 0.25) is 20.0 Å². The van der Waals surface area contributed by atoms with Crippen LogP contribution in [0.5, 0.6) is 0 Å². The number of hydrogen-bond donors (Lipinski definition) is 2. The predicted octanol–water partition coefficient (Wildman–Crippen LogP) is 1.71. The number of hydrogen-bond acceptors (Lipinski definition) is 4. The molecule has 0 fully saturated rings. The summed E-state index contributed by atoms with van der Waals surface area (Å²) in [6, 6.07) is 4.47. The summed E-state index contributed by atoms with van der Waals surface area (Å²) in [6.45, 7) is 1.81. The van der Waals surface area contributed by atoms with E-state index in [2.05, 4.69) is 25.4 Å². The van der Waals surface area contributed by atoms with Crippen LogP contribution in [0, 0.1) is 0 Å². The quantitative estimate of drug-likeness (QED) is 0.627. The molecule has 1 rings (SSSR count). The Morgan fingerprint density at radius 2 is 1.76 bits per heavy atom. The van der Waals surface area contributed by atoms with Crippen molar-refractivity contribution in [3.05, 3.63) is 27.7 Å². The molecule has 0 amide bonds. The molecule has 0 saturated carbocycles. The minimum Gasteiger partial charge on any atom is -0.215 e. The van der Waals surface area contributed by atoms with Crippen molar-refractivity contribution < 1.29 is 16.8 Å². The molecule has 0 saturated heterocycles. The molecule has 0 aliphatic heterocycles. The molecular formula is C11H16BrClN2O4S2. The summed E-state index contributed by atoms with van der Waals surface area (Å²) in [7, 11) is -6.96. The molecule has 0 aliphatic rings. The zero-order chi connectivity index (χ0) is 16.1. The fourth-order valence-corrected chi connectivity index (χ4v) is 4.16. The molecule has 0 heterocycles. The second kappa shape index (κ2) is 7.89. The summed E-state index contributed by atoms with van der Waals surface area (Å²) in [5.41, 5.74) is 0. The first-order valence-electron chi connectivity index (χ1n) is 6.10. The second-order valence-corrected chi connectivity index (χ2v) is 9.28. The highest BCUT2D eigenvalue weighted by Gasteiger charge is 2.17. The van der Waals surface area contributed by atoms with Gasteiger partial charge in [-0.2, -0.15) is 0 Å². The van der Waals surface area contributed by atoms with Gasteiger partial charge in [0.1, 0.15) is 4.90 Å². The van der Waals surface area contributed by atoms with Gasteiger partial charge in [-0.05, 0) is 31.5 Å². The van der Waals surface area contributed by atoms with Gasteiger partial charge in [0, 0.05) is 17.6 Å². The van der Waals surface area contributed by atoms with Gasteiger partial charge in [-0.3, -0.25) is 0 Å². The lowest BCUT2D eigenvalue weighted by Crippen LogP contribution is -2.30. The predicted molar refractivity (Wildman–Crippen MR) is 86.4 cm³/mol. The first kappa shape index (κ1) is 18.9. The van der Waals surface area contributed by atoms with Crippen LogP contribution in [0.2, 0.25) is 5.02 Å². The van der Waals surface area contributed by atoms with Gasteiger partial charge in [-0.1, -0.05) is 27.5 Å². The summed E-state index contributed by atoms with van der Waals surface area (Å²) < 4.78 is 51.9. The fourth-order valence-electron chi connectivity index (χ4n) is 1.40. The van der Waals surface area contributed by atoms with Crippen molar-refractivity contribution in [1.29, 1.82) is 0 Å². The second-order valence-electron chi connectivity index (χ2n) is 4.12. The number of benzene rings is 1. The highest BCUT2D eigenvalue weighted by atomic mass is 79.9. The molecule has 21 heavy (non-hydrogen) atoms. The molecule has 1 aromatic carbocycles. The standard InChI is InChI=1S/C11H16BrClN2O4S2/c1-2-20(16,17)14-6-3-7-15-21(18,19)11-5-4-9(12)8-10(11)13/h4-5,8,14-15H,2-3,6-7H2,1H3. The van der Waals surface area contributed by atoms with Crippen LogP contribution >= 0.6 is 27.5 Å². The number of rotatable bonds is 8. The Labute approximate surface area is 138 Å². The normalized spacial score (nSPS) is 12.5. The lowest BCUT2D eigenvalue weighted by Gasteiger charge is -2.09. The molecule has 0 spiro atoms. The Kier molecular flexibility index (Phi) is 7.08. The van der Waals surface area contributed by atoms with Crippen LogP contribution < -0.4 is 9.44 Å². The van der Waals surface area contributed by atoms with Crippen molar-refractivity contribution in [3.8, 4) is 0 Å². The maximum Gasteiger partial charge on any atom is 0.242 e. The van der Waals surface area contributed by atoms with Crippen LogP contribution in [0.25, 0.3) is 0 Å². The van der Waals surface area contributed by atoms with Gasteiger partial charge in [0.15, 0.2) is 0 Å². The van der Waals surface area contributed by atoms with Crippen LogP contribution in [0.15, 0.2) is 27.6 Å². The summed E-state index contributed by atoms with van der Waals surface area (Å²) in [6.07, 6.45) is 0.340. The summed E-state index contributed by atoms with van der Waals surface area (Å²) in [5.74, 6) is -0.00672. The Bertz CT molecular complexity index is 692. The van der Waals surface area contributed by atoms with E-state index < -0.39 is 20.0 Å². The molecule has 2 N–H and O–H groups in total. The fraction of sp³-hybridized carbons (Fsp3) is 0.455. The highest BCUT2D eigenvalue weighted by molar-refractivity contribution is 9.10. The van der Waals surface area contributed by atoms with E-state index in [-0.39, 0.29) is 28.8 Å². The third kappa shape index (κ3) is 6.21. The summed E-state index contributed by atoms with van der Waals surface area (Å²) in [5, 5.41) is 0.114. The molecule has 6 nitrogen and oxygen atoms in total. The third-order valence-electron chi connectivity index (χ3n) is 2.53. The smallest absolute Gasteiger partial charge is 0.215 e. The molecular weight excluding hydrogens is 404 g/mol. The monoisotopic (exact) mass is 418 g/mol. The van der Waals surface area contributed by atoms with Crippen LogP contribution in [0.3, 0.4) is 0 Å². The molecule has 10 heteroatoms. The molecule has 0 aromatic heterocycles. The Morgan fingerprint density at radius 3 is 2.33 bits per heavy atom. The first-order valence-corrected chi connectivity index (χ1v) is 10.4. The Hall–Kier alpha value is -0.190. The maximum absolute atomic E-state index is 12.0. The van der Waals surface area contributed by atoms with Gasteiger partial charge in [0.25, 0.3) is 0 Å². The van der Waals surface area contributed by atoms with Gasteiger partial charge >= 0.3 is 0 Å². The van der Waals surface area contributed by atoms with Gasteiger partial charge < -0.3 is 0 Å². The van der Waals surface area contributed by atoms with E-state index in [4.69, 9.17) is 11.6 Å². The van der Waals surface area contributed by atoms with E-state index in [1.807, 2.05) is 0 Å². The molecule has 120 valence electrons. The molecule has 0 aliphatic carbocycles. The average molecular weight is 420 g/mol. The van der Waals surface area contributed by atoms with E-state index in [1.165, 1.54) is 19.1 Å². The third-order valence-corrected chi connectivity index (χ3v) is 6.37. The minimum absolute atomic E-state index is 0.00672. The topological polar surface area (TPSA) is 92.3 Å². The van der Waals surface area contributed by atoms with E-state index in [0.29, 0.717) is 10.9 Å². The van der Waals surface area contributed by atoms with Crippen molar-refractivity contribution in [2.75, 3.05) is 18.8 Å². The molecule has 0 radical (unpaired) electrons. The molecule has 1 aromatic rings. The first-order chi connectivity index (χ1) is 9.68. The van der Waals surface area contributed by atoms with Crippen molar-refractivity contribution in [2.24, 2.45) is 0 Å². The van der Waals surface area contributed by atoms with Crippen molar-refractivity contribution in [3.63, 3.8) is 0 Å². The average Bonchev–Trinajstić information content (AvgIpc) is 2.37. The van der Waals surface area contributed by atoms with Crippen LogP contribution in [0.4, 0.5) is 0 Å². The number of sulfonamides is 2. The van der Waals surface area contributed by atoms with Crippen LogP contribution in [0.1, 0.15) is 13.3 Å². The van der Waals surface area contributed by atoms with Crippen molar-refractivity contribution >= 4 is 47.6 Å². The number of halogens is 2. The summed E-state index contributed by atoms with van der Waals surface area (Å²) in [4.78, 5) is -0.0125. The minimum atomic E-state index is -3.71. The Balaban J connectivity index is 2.54. The summed E-state index contributed by atoms with van der Waals surface area (Å²) >= 11 is 9.09. The molecule has 0 bridgehead atoms. The zero-order valence-corrected chi connectivity index (χ0v) is 15.2. The molecule has 0 atom stereocenters. The van der Waals surface area contributed by atoms with Crippen molar-refractivity contribution in [1.82, 2.24) is 9.44 Å². The van der Waals surface area contributed by atoms with E-state index in [9.17, 15) is 16.8 Å². The van der Waals surface area contributed by atoms with E-state index in [0.717, 1.165) is 0 Å². The highest BCUT2D eigenvalue weighted by Crippen LogP contribution is 2.24. The lowest BCUT2D eigenvalue weighted by molar-refractivity contribution is 0.573. The maximum atomic E-state index is 12.0. The molecule has 0 unspecified atom stereocenters. The van der Waals surface area contributed by atoms with Gasteiger partial charge in [-0.25, -0.2) is 26.3 Å². The Morgan fingerprint density at radius 1 is 1.14 bits per heavy atom. The van der Waals surface area contributed by atoms with E-state index >= 15 is 0 Å². The van der Waals surface area contributed by atoms with Gasteiger partial charge in [0.05, 0.1) is 10.8 Å².